The van der Waals surface area contributed by atoms with E-state index in [1.54, 1.807) is 0 Å². The molecule has 0 aliphatic rings. The Morgan fingerprint density at radius 3 is 1.48 bits per heavy atom. The molecule has 0 aliphatic carbocycles. The van der Waals surface area contributed by atoms with Gasteiger partial charge in [-0.3, -0.25) is 0 Å². The van der Waals surface area contributed by atoms with E-state index < -0.39 is 0 Å². The van der Waals surface area contributed by atoms with Gasteiger partial charge in [-0.2, -0.15) is 0 Å². The van der Waals surface area contributed by atoms with Crippen molar-refractivity contribution in [2.24, 2.45) is 0 Å². The van der Waals surface area contributed by atoms with E-state index in [2.05, 4.69) is 47.9 Å². The molecule has 27 heavy (non-hydrogen) atoms. The summed E-state index contributed by atoms with van der Waals surface area (Å²) in [4.78, 5) is 0. The summed E-state index contributed by atoms with van der Waals surface area (Å²) in [6.07, 6.45) is 22.9. The van der Waals surface area contributed by atoms with E-state index in [1.807, 2.05) is 0 Å². The van der Waals surface area contributed by atoms with Crippen LogP contribution in [0.1, 0.15) is 110 Å². The van der Waals surface area contributed by atoms with Crippen molar-refractivity contribution in [3.8, 4) is 0 Å². The molecule has 0 spiro atoms. The first-order chi connectivity index (χ1) is 13.4. The molecule has 2 N–H and O–H groups in total. The van der Waals surface area contributed by atoms with E-state index >= 15 is 0 Å². The van der Waals surface area contributed by atoms with Crippen LogP contribution in [0.2, 0.25) is 0 Å². The Labute approximate surface area is 169 Å². The molecule has 0 saturated carbocycles. The van der Waals surface area contributed by atoms with Gasteiger partial charge in [-0.05, 0) is 25.1 Å². The molecule has 2 heteroatoms. The first kappa shape index (κ1) is 24.0. The van der Waals surface area contributed by atoms with Crippen molar-refractivity contribution < 1.29 is 0 Å². The molecule has 1 aromatic rings. The van der Waals surface area contributed by atoms with Crippen molar-refractivity contribution in [2.45, 2.75) is 110 Å². The number of hydrogen-bond acceptors (Lipinski definition) is 2. The van der Waals surface area contributed by atoms with E-state index in [1.165, 1.54) is 108 Å². The normalized spacial score (nSPS) is 11.0. The zero-order valence-corrected chi connectivity index (χ0v) is 18.1. The van der Waals surface area contributed by atoms with Crippen LogP contribution in [-0.2, 0) is 0 Å². The molecule has 0 fully saturated rings. The second kappa shape index (κ2) is 19.7. The van der Waals surface area contributed by atoms with Gasteiger partial charge in [0.2, 0.25) is 0 Å². The molecule has 0 amide bonds. The van der Waals surface area contributed by atoms with Gasteiger partial charge in [0, 0.05) is 5.69 Å². The summed E-state index contributed by atoms with van der Waals surface area (Å²) in [5, 5.41) is 6.86. The average Bonchev–Trinajstić information content (AvgIpc) is 2.70. The average molecular weight is 375 g/mol. The van der Waals surface area contributed by atoms with Crippen molar-refractivity contribution >= 4 is 5.69 Å². The Bertz CT molecular complexity index is 391. The van der Waals surface area contributed by atoms with Gasteiger partial charge in [0.25, 0.3) is 0 Å². The van der Waals surface area contributed by atoms with E-state index in [0.717, 1.165) is 13.2 Å². The highest BCUT2D eigenvalue weighted by molar-refractivity contribution is 5.42. The molecule has 0 heterocycles. The van der Waals surface area contributed by atoms with Crippen LogP contribution in [0.4, 0.5) is 5.69 Å². The van der Waals surface area contributed by atoms with Crippen molar-refractivity contribution in [3.63, 3.8) is 0 Å². The van der Waals surface area contributed by atoms with Gasteiger partial charge in [-0.15, -0.1) is 0 Å². The van der Waals surface area contributed by atoms with Crippen molar-refractivity contribution in [3.05, 3.63) is 30.3 Å². The quantitative estimate of drug-likeness (QED) is 0.179. The molecule has 156 valence electrons. The number of anilines is 1. The SMILES string of the molecule is CCCCCCCCCCCCCCCCCCNCNc1ccccc1. The number of para-hydroxylation sites is 1. The topological polar surface area (TPSA) is 24.1 Å². The second-order valence-electron chi connectivity index (χ2n) is 8.02. The van der Waals surface area contributed by atoms with Crippen LogP contribution < -0.4 is 10.6 Å². The van der Waals surface area contributed by atoms with E-state index in [-0.39, 0.29) is 0 Å². The van der Waals surface area contributed by atoms with Crippen LogP contribution in [0.5, 0.6) is 0 Å². The van der Waals surface area contributed by atoms with Crippen LogP contribution in [0, 0.1) is 0 Å². The van der Waals surface area contributed by atoms with Crippen LogP contribution in [0.25, 0.3) is 0 Å². The minimum atomic E-state index is 0.864. The minimum absolute atomic E-state index is 0.864. The summed E-state index contributed by atoms with van der Waals surface area (Å²) in [5.41, 5.74) is 1.19. The zero-order valence-electron chi connectivity index (χ0n) is 18.1. The summed E-state index contributed by atoms with van der Waals surface area (Å²) in [6, 6.07) is 10.4. The summed E-state index contributed by atoms with van der Waals surface area (Å²) in [6.45, 7) is 4.28. The molecule has 0 saturated heterocycles. The summed E-state index contributed by atoms with van der Waals surface area (Å²) >= 11 is 0. The smallest absolute Gasteiger partial charge is 0.0653 e. The van der Waals surface area contributed by atoms with Crippen molar-refractivity contribution in [1.82, 2.24) is 5.32 Å². The van der Waals surface area contributed by atoms with Crippen LogP contribution >= 0.6 is 0 Å². The van der Waals surface area contributed by atoms with Crippen LogP contribution in [-0.4, -0.2) is 13.2 Å². The van der Waals surface area contributed by atoms with Crippen LogP contribution in [0.3, 0.4) is 0 Å². The maximum absolute atomic E-state index is 3.47. The molecular weight excluding hydrogens is 328 g/mol. The summed E-state index contributed by atoms with van der Waals surface area (Å²) in [5.74, 6) is 0. The monoisotopic (exact) mass is 374 g/mol. The highest BCUT2D eigenvalue weighted by Crippen LogP contribution is 2.13. The third-order valence-electron chi connectivity index (χ3n) is 5.40. The van der Waals surface area contributed by atoms with Gasteiger partial charge in [0.1, 0.15) is 0 Å². The van der Waals surface area contributed by atoms with Crippen molar-refractivity contribution in [2.75, 3.05) is 18.5 Å². The highest BCUT2D eigenvalue weighted by Gasteiger charge is 1.95. The predicted molar refractivity (Wildman–Crippen MR) is 122 cm³/mol. The zero-order chi connectivity index (χ0) is 19.3. The Morgan fingerprint density at radius 1 is 0.556 bits per heavy atom. The Morgan fingerprint density at radius 2 is 1.00 bits per heavy atom. The van der Waals surface area contributed by atoms with E-state index in [9.17, 15) is 0 Å². The second-order valence-corrected chi connectivity index (χ2v) is 8.02. The van der Waals surface area contributed by atoms with Crippen LogP contribution in [0.15, 0.2) is 30.3 Å². The first-order valence-corrected chi connectivity index (χ1v) is 11.9. The number of nitrogens with one attached hydrogen (secondary N) is 2. The van der Waals surface area contributed by atoms with Gasteiger partial charge in [-0.1, -0.05) is 121 Å². The molecule has 0 unspecified atom stereocenters. The lowest BCUT2D eigenvalue weighted by Gasteiger charge is -2.08. The van der Waals surface area contributed by atoms with Gasteiger partial charge in [-0.25, -0.2) is 0 Å². The first-order valence-electron chi connectivity index (χ1n) is 11.9. The molecule has 2 nitrogen and oxygen atoms in total. The maximum Gasteiger partial charge on any atom is 0.0653 e. The number of rotatable bonds is 20. The Hall–Kier alpha value is -1.02. The maximum atomic E-state index is 3.47. The van der Waals surface area contributed by atoms with E-state index in [4.69, 9.17) is 0 Å². The summed E-state index contributed by atoms with van der Waals surface area (Å²) in [7, 11) is 0. The fourth-order valence-corrected chi connectivity index (χ4v) is 3.61. The van der Waals surface area contributed by atoms with E-state index in [0.29, 0.717) is 0 Å². The largest absolute Gasteiger partial charge is 0.372 e. The summed E-state index contributed by atoms with van der Waals surface area (Å²) < 4.78 is 0. The minimum Gasteiger partial charge on any atom is -0.372 e. The molecule has 0 bridgehead atoms. The molecule has 1 aromatic carbocycles. The highest BCUT2D eigenvalue weighted by atomic mass is 15.1. The third kappa shape index (κ3) is 16.8. The van der Waals surface area contributed by atoms with Gasteiger partial charge >= 0.3 is 0 Å². The van der Waals surface area contributed by atoms with Gasteiger partial charge in [0.15, 0.2) is 0 Å². The third-order valence-corrected chi connectivity index (χ3v) is 5.40. The molecule has 0 aromatic heterocycles. The fourth-order valence-electron chi connectivity index (χ4n) is 3.61. The Balaban J connectivity index is 1.67. The molecular formula is C25H46N2. The van der Waals surface area contributed by atoms with Gasteiger partial charge in [0.05, 0.1) is 6.67 Å². The molecule has 0 atom stereocenters. The Kier molecular flexibility index (Phi) is 17.6. The number of unbranched alkanes of at least 4 members (excludes halogenated alkanes) is 15. The lowest BCUT2D eigenvalue weighted by molar-refractivity contribution is 0.526. The van der Waals surface area contributed by atoms with Gasteiger partial charge < -0.3 is 10.6 Å². The molecule has 0 radical (unpaired) electrons. The molecule has 0 aliphatic heterocycles. The van der Waals surface area contributed by atoms with Crippen molar-refractivity contribution in [1.29, 1.82) is 0 Å². The lowest BCUT2D eigenvalue weighted by atomic mass is 10.0. The molecule has 1 rings (SSSR count). The lowest BCUT2D eigenvalue weighted by Crippen LogP contribution is -2.22. The number of benzene rings is 1. The number of hydrogen-bond donors (Lipinski definition) is 2. The fraction of sp³-hybridized carbons (Fsp3) is 0.760. The predicted octanol–water partition coefficient (Wildman–Crippen LogP) is 7.91. The standard InChI is InChI=1S/C25H46N2/c1-2-3-4-5-6-7-8-9-10-11-12-13-14-15-16-20-23-26-24-27-25-21-18-17-19-22-25/h17-19,21-22,26-27H,2-16,20,23-24H2,1H3.